The van der Waals surface area contributed by atoms with Crippen LogP contribution in [-0.2, 0) is 6.61 Å². The smallest absolute Gasteiger partial charge is 0.0854 e. The maximum atomic E-state index is 9.88. The highest BCUT2D eigenvalue weighted by atomic mass is 16.3. The largest absolute Gasteiger partial charge is 0.393 e. The van der Waals surface area contributed by atoms with Crippen LogP contribution in [0.2, 0.25) is 0 Å². The number of aromatic nitrogens is 1. The number of rotatable bonds is 2. The topological polar surface area (TPSA) is 56.6 Å². The van der Waals surface area contributed by atoms with Gasteiger partial charge in [-0.25, -0.2) is 0 Å². The Hall–Kier alpha value is -1.65. The zero-order valence-electron chi connectivity index (χ0n) is 11.7. The molecule has 1 saturated heterocycles. The number of benzene rings is 1. The van der Waals surface area contributed by atoms with E-state index in [0.29, 0.717) is 5.69 Å². The Kier molecular flexibility index (Phi) is 3.59. The van der Waals surface area contributed by atoms with Gasteiger partial charge < -0.3 is 15.1 Å². The van der Waals surface area contributed by atoms with Gasteiger partial charge in [0, 0.05) is 24.2 Å². The van der Waals surface area contributed by atoms with Gasteiger partial charge in [0.25, 0.3) is 0 Å². The Morgan fingerprint density at radius 3 is 2.90 bits per heavy atom. The molecule has 0 saturated carbocycles. The SMILES string of the molecule is CC1CN(c2cc(CO)nc3ccccc23)CCC1O. The van der Waals surface area contributed by atoms with Crippen LogP contribution in [0.3, 0.4) is 0 Å². The van der Waals surface area contributed by atoms with E-state index >= 15 is 0 Å². The van der Waals surface area contributed by atoms with Gasteiger partial charge in [0.2, 0.25) is 0 Å². The van der Waals surface area contributed by atoms with Crippen LogP contribution in [0.15, 0.2) is 30.3 Å². The lowest BCUT2D eigenvalue weighted by atomic mass is 9.96. The first-order valence-electron chi connectivity index (χ1n) is 7.11. The van der Waals surface area contributed by atoms with Gasteiger partial charge in [0.1, 0.15) is 0 Å². The Bertz CT molecular complexity index is 614. The van der Waals surface area contributed by atoms with Crippen LogP contribution in [0.1, 0.15) is 19.0 Å². The Morgan fingerprint density at radius 1 is 1.35 bits per heavy atom. The predicted octanol–water partition coefficient (Wildman–Crippen LogP) is 1.93. The van der Waals surface area contributed by atoms with Gasteiger partial charge in [-0.1, -0.05) is 25.1 Å². The molecule has 4 nitrogen and oxygen atoms in total. The highest BCUT2D eigenvalue weighted by Crippen LogP contribution is 2.30. The first kappa shape index (κ1) is 13.3. The summed E-state index contributed by atoms with van der Waals surface area (Å²) >= 11 is 0. The third kappa shape index (κ3) is 2.37. The molecule has 1 fully saturated rings. The van der Waals surface area contributed by atoms with Crippen molar-refractivity contribution in [1.29, 1.82) is 0 Å². The van der Waals surface area contributed by atoms with Crippen molar-refractivity contribution < 1.29 is 10.2 Å². The number of pyridine rings is 1. The molecule has 1 aliphatic rings. The number of nitrogens with zero attached hydrogens (tertiary/aromatic N) is 2. The molecule has 0 radical (unpaired) electrons. The lowest BCUT2D eigenvalue weighted by Gasteiger charge is -2.36. The van der Waals surface area contributed by atoms with E-state index in [1.54, 1.807) is 0 Å². The standard InChI is InChI=1S/C16H20N2O2/c1-11-9-18(7-6-16(11)20)15-8-12(10-19)17-14-5-3-2-4-13(14)15/h2-5,8,11,16,19-20H,6-7,9-10H2,1H3. The molecule has 106 valence electrons. The summed E-state index contributed by atoms with van der Waals surface area (Å²) < 4.78 is 0. The second-order valence-corrected chi connectivity index (χ2v) is 5.59. The number of aliphatic hydroxyl groups excluding tert-OH is 2. The highest BCUT2D eigenvalue weighted by Gasteiger charge is 2.25. The van der Waals surface area contributed by atoms with Gasteiger partial charge in [0.15, 0.2) is 0 Å². The molecule has 3 rings (SSSR count). The van der Waals surface area contributed by atoms with E-state index in [9.17, 15) is 10.2 Å². The lowest BCUT2D eigenvalue weighted by Crippen LogP contribution is -2.42. The molecule has 0 bridgehead atoms. The third-order valence-electron chi connectivity index (χ3n) is 4.11. The normalized spacial score (nSPS) is 23.2. The summed E-state index contributed by atoms with van der Waals surface area (Å²) in [6, 6.07) is 9.97. The minimum Gasteiger partial charge on any atom is -0.393 e. The van der Waals surface area contributed by atoms with Crippen LogP contribution >= 0.6 is 0 Å². The zero-order valence-corrected chi connectivity index (χ0v) is 11.7. The summed E-state index contributed by atoms with van der Waals surface area (Å²) in [5.41, 5.74) is 2.71. The van der Waals surface area contributed by atoms with Crippen molar-refractivity contribution in [2.75, 3.05) is 18.0 Å². The molecule has 1 aromatic carbocycles. The van der Waals surface area contributed by atoms with E-state index in [4.69, 9.17) is 0 Å². The number of piperidine rings is 1. The highest BCUT2D eigenvalue weighted by molar-refractivity contribution is 5.92. The minimum absolute atomic E-state index is 0.0517. The van der Waals surface area contributed by atoms with Crippen LogP contribution in [0.25, 0.3) is 10.9 Å². The summed E-state index contributed by atoms with van der Waals surface area (Å²) in [6.45, 7) is 3.70. The second-order valence-electron chi connectivity index (χ2n) is 5.59. The fourth-order valence-corrected chi connectivity index (χ4v) is 2.90. The van der Waals surface area contributed by atoms with Crippen molar-refractivity contribution in [2.45, 2.75) is 26.1 Å². The van der Waals surface area contributed by atoms with Gasteiger partial charge in [-0.05, 0) is 24.5 Å². The summed E-state index contributed by atoms with van der Waals surface area (Å²) in [7, 11) is 0. The molecule has 20 heavy (non-hydrogen) atoms. The van der Waals surface area contributed by atoms with Crippen molar-refractivity contribution in [3.63, 3.8) is 0 Å². The molecule has 2 heterocycles. The fraction of sp³-hybridized carbons (Fsp3) is 0.438. The van der Waals surface area contributed by atoms with E-state index in [0.717, 1.165) is 36.1 Å². The average Bonchev–Trinajstić information content (AvgIpc) is 2.49. The lowest BCUT2D eigenvalue weighted by molar-refractivity contribution is 0.0971. The molecule has 1 aromatic heterocycles. The molecule has 0 aliphatic carbocycles. The number of para-hydroxylation sites is 1. The quantitative estimate of drug-likeness (QED) is 0.877. The van der Waals surface area contributed by atoms with Crippen LogP contribution in [-0.4, -0.2) is 34.4 Å². The monoisotopic (exact) mass is 272 g/mol. The number of hydrogen-bond donors (Lipinski definition) is 2. The maximum Gasteiger partial charge on any atom is 0.0854 e. The van der Waals surface area contributed by atoms with E-state index in [2.05, 4.69) is 22.9 Å². The van der Waals surface area contributed by atoms with Gasteiger partial charge in [0.05, 0.1) is 23.9 Å². The Balaban J connectivity index is 2.05. The zero-order chi connectivity index (χ0) is 14.1. The van der Waals surface area contributed by atoms with Crippen molar-refractivity contribution in [1.82, 2.24) is 4.98 Å². The van der Waals surface area contributed by atoms with Crippen LogP contribution in [0.4, 0.5) is 5.69 Å². The molecular formula is C16H20N2O2. The van der Waals surface area contributed by atoms with Crippen molar-refractivity contribution in [3.05, 3.63) is 36.0 Å². The van der Waals surface area contributed by atoms with Gasteiger partial charge in [-0.2, -0.15) is 0 Å². The summed E-state index contributed by atoms with van der Waals surface area (Å²) in [4.78, 5) is 6.75. The molecule has 4 heteroatoms. The van der Waals surface area contributed by atoms with E-state index in [1.165, 1.54) is 0 Å². The van der Waals surface area contributed by atoms with E-state index in [1.807, 2.05) is 24.3 Å². The van der Waals surface area contributed by atoms with Gasteiger partial charge in [-0.3, -0.25) is 4.98 Å². The molecular weight excluding hydrogens is 252 g/mol. The van der Waals surface area contributed by atoms with Crippen molar-refractivity contribution in [3.8, 4) is 0 Å². The number of aliphatic hydroxyl groups is 2. The van der Waals surface area contributed by atoms with Crippen molar-refractivity contribution in [2.24, 2.45) is 5.92 Å². The first-order valence-corrected chi connectivity index (χ1v) is 7.11. The molecule has 2 unspecified atom stereocenters. The summed E-state index contributed by atoms with van der Waals surface area (Å²) in [5.74, 6) is 0.258. The maximum absolute atomic E-state index is 9.88. The number of hydrogen-bond acceptors (Lipinski definition) is 4. The molecule has 0 amide bonds. The predicted molar refractivity (Wildman–Crippen MR) is 79.7 cm³/mol. The second kappa shape index (κ2) is 5.38. The Labute approximate surface area is 118 Å². The van der Waals surface area contributed by atoms with Crippen LogP contribution < -0.4 is 4.90 Å². The minimum atomic E-state index is -0.211. The Morgan fingerprint density at radius 2 is 2.15 bits per heavy atom. The van der Waals surface area contributed by atoms with E-state index in [-0.39, 0.29) is 18.6 Å². The van der Waals surface area contributed by atoms with Crippen LogP contribution in [0.5, 0.6) is 0 Å². The molecule has 2 aromatic rings. The summed E-state index contributed by atoms with van der Waals surface area (Å²) in [5, 5.41) is 20.4. The first-order chi connectivity index (χ1) is 9.69. The third-order valence-corrected chi connectivity index (χ3v) is 4.11. The number of fused-ring (bicyclic) bond motifs is 1. The molecule has 2 N–H and O–H groups in total. The molecule has 2 atom stereocenters. The summed E-state index contributed by atoms with van der Waals surface area (Å²) in [6.07, 6.45) is 0.573. The molecule has 0 spiro atoms. The number of anilines is 1. The van der Waals surface area contributed by atoms with Crippen LogP contribution in [0, 0.1) is 5.92 Å². The van der Waals surface area contributed by atoms with Gasteiger partial charge in [-0.15, -0.1) is 0 Å². The molecule has 1 aliphatic heterocycles. The van der Waals surface area contributed by atoms with Crippen molar-refractivity contribution >= 4 is 16.6 Å². The fourth-order valence-electron chi connectivity index (χ4n) is 2.90. The van der Waals surface area contributed by atoms with E-state index < -0.39 is 0 Å². The van der Waals surface area contributed by atoms with Gasteiger partial charge >= 0.3 is 0 Å². The average molecular weight is 272 g/mol.